The lowest BCUT2D eigenvalue weighted by molar-refractivity contribution is 0.0561. The summed E-state index contributed by atoms with van der Waals surface area (Å²) in [6, 6.07) is 3.72. The Bertz CT molecular complexity index is 588. The van der Waals surface area contributed by atoms with E-state index in [0.717, 1.165) is 38.3 Å². The van der Waals surface area contributed by atoms with Crippen molar-refractivity contribution in [2.24, 2.45) is 0 Å². The Morgan fingerprint density at radius 2 is 1.88 bits per heavy atom. The van der Waals surface area contributed by atoms with E-state index in [1.165, 1.54) is 25.3 Å². The van der Waals surface area contributed by atoms with Crippen LogP contribution in [0.4, 0.5) is 8.78 Å². The van der Waals surface area contributed by atoms with Gasteiger partial charge in [0.15, 0.2) is 0 Å². The fourth-order valence-corrected chi connectivity index (χ4v) is 3.64. The molecule has 1 amide bonds. The van der Waals surface area contributed by atoms with Gasteiger partial charge >= 0.3 is 0 Å². The molecule has 1 atom stereocenters. The van der Waals surface area contributed by atoms with Crippen LogP contribution in [0, 0.1) is 11.6 Å². The predicted molar refractivity (Wildman–Crippen MR) is 89.0 cm³/mol. The van der Waals surface area contributed by atoms with Crippen LogP contribution >= 0.6 is 0 Å². The van der Waals surface area contributed by atoms with Crippen molar-refractivity contribution in [3.8, 4) is 0 Å². The van der Waals surface area contributed by atoms with Gasteiger partial charge in [0.25, 0.3) is 5.91 Å². The smallest absolute Gasteiger partial charge is 0.256 e. The third-order valence-corrected chi connectivity index (χ3v) is 5.21. The lowest BCUT2D eigenvalue weighted by Gasteiger charge is -2.40. The standard InChI is InChI=1S/C18H25F2N3O/c1-21-7-3-2-4-15(21)13-22-8-10-23(11-9-22)18(24)16-6-5-14(19)12-17(16)20/h5-6,12,15H,2-4,7-11,13H2,1H3/t15-/m1/s1. The average molecular weight is 337 g/mol. The predicted octanol–water partition coefficient (Wildman–Crippen LogP) is 2.21. The van der Waals surface area contributed by atoms with E-state index in [9.17, 15) is 13.6 Å². The normalized spacial score (nSPS) is 23.5. The number of likely N-dealkylation sites (tertiary alicyclic amines) is 1. The fraction of sp³-hybridized carbons (Fsp3) is 0.611. The Morgan fingerprint density at radius 3 is 2.54 bits per heavy atom. The minimum absolute atomic E-state index is 0.0446. The molecule has 0 radical (unpaired) electrons. The summed E-state index contributed by atoms with van der Waals surface area (Å²) < 4.78 is 26.8. The van der Waals surface area contributed by atoms with Gasteiger partial charge in [0.1, 0.15) is 11.6 Å². The molecule has 0 bridgehead atoms. The van der Waals surface area contributed by atoms with E-state index in [0.29, 0.717) is 19.1 Å². The summed E-state index contributed by atoms with van der Waals surface area (Å²) >= 11 is 0. The SMILES string of the molecule is CN1CCCC[C@@H]1CN1CCN(C(=O)c2ccc(F)cc2F)CC1. The number of carbonyl (C=O) groups excluding carboxylic acids is 1. The zero-order valence-electron chi connectivity index (χ0n) is 14.2. The molecule has 3 rings (SSSR count). The zero-order valence-corrected chi connectivity index (χ0v) is 14.2. The van der Waals surface area contributed by atoms with E-state index in [1.807, 2.05) is 0 Å². The van der Waals surface area contributed by atoms with Gasteiger partial charge in [-0.25, -0.2) is 8.78 Å². The number of nitrogens with zero attached hydrogens (tertiary/aromatic N) is 3. The van der Waals surface area contributed by atoms with Gasteiger partial charge in [0, 0.05) is 44.8 Å². The van der Waals surface area contributed by atoms with Crippen molar-refractivity contribution < 1.29 is 13.6 Å². The highest BCUT2D eigenvalue weighted by Gasteiger charge is 2.27. The second-order valence-corrected chi connectivity index (χ2v) is 6.85. The van der Waals surface area contributed by atoms with Crippen molar-refractivity contribution in [3.05, 3.63) is 35.4 Å². The molecule has 1 aromatic rings. The van der Waals surface area contributed by atoms with Crippen LogP contribution in [0.3, 0.4) is 0 Å². The van der Waals surface area contributed by atoms with Crippen molar-refractivity contribution in [1.29, 1.82) is 0 Å². The molecule has 0 N–H and O–H groups in total. The van der Waals surface area contributed by atoms with Gasteiger partial charge in [0.2, 0.25) is 0 Å². The quantitative estimate of drug-likeness (QED) is 0.846. The maximum absolute atomic E-state index is 13.8. The molecular formula is C18H25F2N3O. The summed E-state index contributed by atoms with van der Waals surface area (Å²) in [7, 11) is 2.18. The molecule has 1 aromatic carbocycles. The highest BCUT2D eigenvalue weighted by atomic mass is 19.1. The molecule has 132 valence electrons. The molecule has 2 fully saturated rings. The molecule has 0 unspecified atom stereocenters. The van der Waals surface area contributed by atoms with E-state index in [4.69, 9.17) is 0 Å². The first-order chi connectivity index (χ1) is 11.5. The number of amides is 1. The average Bonchev–Trinajstić information content (AvgIpc) is 2.57. The van der Waals surface area contributed by atoms with E-state index in [1.54, 1.807) is 4.90 Å². The molecule has 6 heteroatoms. The molecule has 4 nitrogen and oxygen atoms in total. The second-order valence-electron chi connectivity index (χ2n) is 6.85. The van der Waals surface area contributed by atoms with Crippen molar-refractivity contribution >= 4 is 5.91 Å². The summed E-state index contributed by atoms with van der Waals surface area (Å²) in [5.74, 6) is -1.79. The molecule has 0 aromatic heterocycles. The number of hydrogen-bond donors (Lipinski definition) is 0. The lowest BCUT2D eigenvalue weighted by atomic mass is 10.0. The van der Waals surface area contributed by atoms with Crippen LogP contribution in [0.25, 0.3) is 0 Å². The highest BCUT2D eigenvalue weighted by molar-refractivity contribution is 5.94. The topological polar surface area (TPSA) is 26.8 Å². The van der Waals surface area contributed by atoms with Gasteiger partial charge in [-0.1, -0.05) is 6.42 Å². The maximum Gasteiger partial charge on any atom is 0.256 e. The Kier molecular flexibility index (Phi) is 5.46. The van der Waals surface area contributed by atoms with E-state index in [2.05, 4.69) is 16.8 Å². The molecule has 24 heavy (non-hydrogen) atoms. The minimum atomic E-state index is -0.786. The molecular weight excluding hydrogens is 312 g/mol. The van der Waals surface area contributed by atoms with E-state index < -0.39 is 11.6 Å². The molecule has 0 saturated carbocycles. The van der Waals surface area contributed by atoms with Crippen molar-refractivity contribution in [1.82, 2.24) is 14.7 Å². The summed E-state index contributed by atoms with van der Waals surface area (Å²) in [6.45, 7) is 4.98. The first-order valence-corrected chi connectivity index (χ1v) is 8.71. The Balaban J connectivity index is 1.53. The summed E-state index contributed by atoms with van der Waals surface area (Å²) in [5, 5.41) is 0. The number of hydrogen-bond acceptors (Lipinski definition) is 3. The van der Waals surface area contributed by atoms with E-state index >= 15 is 0 Å². The largest absolute Gasteiger partial charge is 0.336 e. The van der Waals surface area contributed by atoms with Gasteiger partial charge in [-0.2, -0.15) is 0 Å². The van der Waals surface area contributed by atoms with Gasteiger partial charge in [-0.05, 0) is 38.6 Å². The third kappa shape index (κ3) is 3.92. The molecule has 2 saturated heterocycles. The monoisotopic (exact) mass is 337 g/mol. The van der Waals surface area contributed by atoms with Crippen LogP contribution < -0.4 is 0 Å². The van der Waals surface area contributed by atoms with Gasteiger partial charge in [-0.3, -0.25) is 9.69 Å². The molecule has 2 aliphatic heterocycles. The number of piperazine rings is 1. The van der Waals surface area contributed by atoms with Gasteiger partial charge in [0.05, 0.1) is 5.56 Å². The van der Waals surface area contributed by atoms with Crippen molar-refractivity contribution in [2.75, 3.05) is 46.3 Å². The Labute approximate surface area is 142 Å². The van der Waals surface area contributed by atoms with Gasteiger partial charge in [-0.15, -0.1) is 0 Å². The van der Waals surface area contributed by atoms with Crippen LogP contribution in [0.15, 0.2) is 18.2 Å². The van der Waals surface area contributed by atoms with Crippen molar-refractivity contribution in [3.63, 3.8) is 0 Å². The van der Waals surface area contributed by atoms with Crippen LogP contribution in [0.5, 0.6) is 0 Å². The maximum atomic E-state index is 13.8. The van der Waals surface area contributed by atoms with Crippen molar-refractivity contribution in [2.45, 2.75) is 25.3 Å². The number of likely N-dealkylation sites (N-methyl/N-ethyl adjacent to an activating group) is 1. The molecule has 2 heterocycles. The summed E-state index contributed by atoms with van der Waals surface area (Å²) in [6.07, 6.45) is 3.80. The first kappa shape index (κ1) is 17.3. The number of piperidine rings is 1. The highest BCUT2D eigenvalue weighted by Crippen LogP contribution is 2.18. The summed E-state index contributed by atoms with van der Waals surface area (Å²) in [4.78, 5) is 18.9. The fourth-order valence-electron chi connectivity index (χ4n) is 3.64. The zero-order chi connectivity index (χ0) is 17.1. The first-order valence-electron chi connectivity index (χ1n) is 8.71. The minimum Gasteiger partial charge on any atom is -0.336 e. The molecule has 2 aliphatic rings. The molecule has 0 aliphatic carbocycles. The number of benzene rings is 1. The summed E-state index contributed by atoms with van der Waals surface area (Å²) in [5.41, 5.74) is -0.0446. The Hall–Kier alpha value is -1.53. The van der Waals surface area contributed by atoms with E-state index in [-0.39, 0.29) is 11.5 Å². The number of rotatable bonds is 3. The van der Waals surface area contributed by atoms with Crippen LogP contribution in [-0.2, 0) is 0 Å². The number of carbonyl (C=O) groups is 1. The number of halogens is 2. The Morgan fingerprint density at radius 1 is 1.12 bits per heavy atom. The third-order valence-electron chi connectivity index (χ3n) is 5.21. The molecule has 0 spiro atoms. The lowest BCUT2D eigenvalue weighted by Crippen LogP contribution is -2.53. The van der Waals surface area contributed by atoms with Gasteiger partial charge < -0.3 is 9.80 Å². The van der Waals surface area contributed by atoms with Crippen LogP contribution in [0.2, 0.25) is 0 Å². The van der Waals surface area contributed by atoms with Crippen LogP contribution in [0.1, 0.15) is 29.6 Å². The second kappa shape index (κ2) is 7.57. The van der Waals surface area contributed by atoms with Crippen LogP contribution in [-0.4, -0.2) is 73.0 Å².